The molecule has 1 aliphatic heterocycles. The lowest BCUT2D eigenvalue weighted by Crippen LogP contribution is -2.50. The van der Waals surface area contributed by atoms with Crippen LogP contribution in [0.5, 0.6) is 0 Å². The lowest BCUT2D eigenvalue weighted by atomic mass is 9.93. The Morgan fingerprint density at radius 3 is 2.35 bits per heavy atom. The number of rotatable bonds is 1. The molecule has 2 rings (SSSR count). The summed E-state index contributed by atoms with van der Waals surface area (Å²) in [5, 5.41) is 0. The van der Waals surface area contributed by atoms with Crippen molar-refractivity contribution in [3.63, 3.8) is 0 Å². The number of carbonyl (C=O) groups excluding carboxylic acids is 1. The summed E-state index contributed by atoms with van der Waals surface area (Å²) in [6.07, 6.45) is 0. The number of hydrogen-bond acceptors (Lipinski definition) is 2. The minimum absolute atomic E-state index is 0.0209. The van der Waals surface area contributed by atoms with Gasteiger partial charge in [-0.2, -0.15) is 0 Å². The van der Waals surface area contributed by atoms with E-state index in [2.05, 4.69) is 50.8 Å². The molecule has 0 aliphatic carbocycles. The van der Waals surface area contributed by atoms with Crippen LogP contribution in [-0.2, 0) is 4.79 Å². The number of Topliss-reactive ketones (excluding diaryl/α,β-unsaturated/α-hetero) is 1. The average Bonchev–Trinajstić information content (AvgIpc) is 2.52. The van der Waals surface area contributed by atoms with Crippen LogP contribution in [0.15, 0.2) is 24.3 Å². The second kappa shape index (κ2) is 3.86. The summed E-state index contributed by atoms with van der Waals surface area (Å²) in [6, 6.07) is 8.35. The number of carbonyl (C=O) groups is 1. The van der Waals surface area contributed by atoms with Crippen LogP contribution >= 0.6 is 0 Å². The quantitative estimate of drug-likeness (QED) is 0.738. The van der Waals surface area contributed by atoms with Gasteiger partial charge in [-0.15, -0.1) is 0 Å². The zero-order valence-corrected chi connectivity index (χ0v) is 11.3. The van der Waals surface area contributed by atoms with Gasteiger partial charge >= 0.3 is 0 Å². The Bertz CT molecular complexity index is 444. The minimum Gasteiger partial charge on any atom is -0.356 e. The van der Waals surface area contributed by atoms with Gasteiger partial charge in [-0.3, -0.25) is 4.79 Å². The van der Waals surface area contributed by atoms with Crippen LogP contribution in [0, 0.1) is 0 Å². The van der Waals surface area contributed by atoms with Crippen molar-refractivity contribution in [2.45, 2.75) is 52.1 Å². The van der Waals surface area contributed by atoms with E-state index in [0.29, 0.717) is 0 Å². The summed E-state index contributed by atoms with van der Waals surface area (Å²) >= 11 is 0. The molecule has 0 bridgehead atoms. The second-order valence-corrected chi connectivity index (χ2v) is 5.94. The SMILES string of the molecule is CC(=O)C1C(C)c2ccccc2N1C(C)(C)C. The molecule has 0 aromatic heterocycles. The molecule has 2 atom stereocenters. The molecule has 17 heavy (non-hydrogen) atoms. The number of anilines is 1. The van der Waals surface area contributed by atoms with E-state index in [4.69, 9.17) is 0 Å². The molecule has 1 aliphatic rings. The smallest absolute Gasteiger partial charge is 0.152 e. The van der Waals surface area contributed by atoms with Gasteiger partial charge in [0, 0.05) is 17.1 Å². The summed E-state index contributed by atoms with van der Waals surface area (Å²) in [5.74, 6) is 0.534. The molecule has 0 saturated carbocycles. The maximum absolute atomic E-state index is 11.9. The van der Waals surface area contributed by atoms with E-state index in [1.165, 1.54) is 11.3 Å². The zero-order valence-electron chi connectivity index (χ0n) is 11.3. The molecular formula is C15H21NO. The van der Waals surface area contributed by atoms with Gasteiger partial charge in [0.05, 0.1) is 6.04 Å². The van der Waals surface area contributed by atoms with E-state index in [-0.39, 0.29) is 23.3 Å². The van der Waals surface area contributed by atoms with Gasteiger partial charge in [0.15, 0.2) is 5.78 Å². The van der Waals surface area contributed by atoms with E-state index in [1.54, 1.807) is 6.92 Å². The summed E-state index contributed by atoms with van der Waals surface area (Å²) in [5.41, 5.74) is 2.48. The van der Waals surface area contributed by atoms with Crippen molar-refractivity contribution >= 4 is 11.5 Å². The average molecular weight is 231 g/mol. The Balaban J connectivity index is 2.57. The van der Waals surface area contributed by atoms with Crippen LogP contribution < -0.4 is 4.90 Å². The maximum Gasteiger partial charge on any atom is 0.152 e. The van der Waals surface area contributed by atoms with Crippen molar-refractivity contribution in [1.29, 1.82) is 0 Å². The van der Waals surface area contributed by atoms with Crippen LogP contribution in [0.2, 0.25) is 0 Å². The van der Waals surface area contributed by atoms with Crippen LogP contribution in [-0.4, -0.2) is 17.4 Å². The molecule has 0 N–H and O–H groups in total. The third-order valence-electron chi connectivity index (χ3n) is 3.58. The van der Waals surface area contributed by atoms with Crippen molar-refractivity contribution in [2.24, 2.45) is 0 Å². The van der Waals surface area contributed by atoms with E-state index in [1.807, 2.05) is 6.07 Å². The number of para-hydroxylation sites is 1. The van der Waals surface area contributed by atoms with Crippen LogP contribution in [0.1, 0.15) is 46.1 Å². The third-order valence-corrected chi connectivity index (χ3v) is 3.58. The molecule has 2 nitrogen and oxygen atoms in total. The fourth-order valence-electron chi connectivity index (χ4n) is 2.95. The van der Waals surface area contributed by atoms with E-state index >= 15 is 0 Å². The lowest BCUT2D eigenvalue weighted by Gasteiger charge is -2.39. The Labute approximate surface area is 104 Å². The van der Waals surface area contributed by atoms with Crippen LogP contribution in [0.25, 0.3) is 0 Å². The highest BCUT2D eigenvalue weighted by molar-refractivity contribution is 5.89. The monoisotopic (exact) mass is 231 g/mol. The van der Waals surface area contributed by atoms with Gasteiger partial charge < -0.3 is 4.90 Å². The van der Waals surface area contributed by atoms with Crippen LogP contribution in [0.3, 0.4) is 0 Å². The third kappa shape index (κ3) is 1.86. The molecule has 0 amide bonds. The number of nitrogens with zero attached hydrogens (tertiary/aromatic N) is 1. The first-order chi connectivity index (χ1) is 7.84. The van der Waals surface area contributed by atoms with Gasteiger partial charge in [0.25, 0.3) is 0 Å². The first-order valence-electron chi connectivity index (χ1n) is 6.22. The summed E-state index contributed by atoms with van der Waals surface area (Å²) in [7, 11) is 0. The minimum atomic E-state index is -0.0306. The standard InChI is InChI=1S/C15H21NO/c1-10-12-8-6-7-9-13(12)16(15(3,4)5)14(10)11(2)17/h6-10,14H,1-5H3. The van der Waals surface area contributed by atoms with Crippen LogP contribution in [0.4, 0.5) is 5.69 Å². The van der Waals surface area contributed by atoms with Crippen molar-refractivity contribution < 1.29 is 4.79 Å². The van der Waals surface area contributed by atoms with E-state index < -0.39 is 0 Å². The highest BCUT2D eigenvalue weighted by Crippen LogP contribution is 2.44. The largest absolute Gasteiger partial charge is 0.356 e. The summed E-state index contributed by atoms with van der Waals surface area (Å²) in [6.45, 7) is 10.3. The van der Waals surface area contributed by atoms with E-state index in [0.717, 1.165) is 0 Å². The molecule has 0 saturated heterocycles. The number of fused-ring (bicyclic) bond motifs is 1. The Kier molecular flexibility index (Phi) is 2.76. The highest BCUT2D eigenvalue weighted by Gasteiger charge is 2.42. The maximum atomic E-state index is 11.9. The predicted molar refractivity (Wildman–Crippen MR) is 71.6 cm³/mol. The topological polar surface area (TPSA) is 20.3 Å². The van der Waals surface area contributed by atoms with Crippen molar-refractivity contribution in [1.82, 2.24) is 0 Å². The molecule has 1 aromatic carbocycles. The fourth-order valence-corrected chi connectivity index (χ4v) is 2.95. The van der Waals surface area contributed by atoms with E-state index in [9.17, 15) is 4.79 Å². The Morgan fingerprint density at radius 2 is 1.82 bits per heavy atom. The molecule has 0 spiro atoms. The van der Waals surface area contributed by atoms with Gasteiger partial charge in [-0.25, -0.2) is 0 Å². The molecule has 0 radical (unpaired) electrons. The Morgan fingerprint density at radius 1 is 1.24 bits per heavy atom. The second-order valence-electron chi connectivity index (χ2n) is 5.94. The molecule has 92 valence electrons. The number of ketones is 1. The predicted octanol–water partition coefficient (Wildman–Crippen LogP) is 3.37. The zero-order chi connectivity index (χ0) is 12.8. The van der Waals surface area contributed by atoms with Crippen molar-refractivity contribution in [3.8, 4) is 0 Å². The fraction of sp³-hybridized carbons (Fsp3) is 0.533. The van der Waals surface area contributed by atoms with Gasteiger partial charge in [-0.1, -0.05) is 25.1 Å². The molecule has 1 heterocycles. The molecule has 2 unspecified atom stereocenters. The highest BCUT2D eigenvalue weighted by atomic mass is 16.1. The first-order valence-corrected chi connectivity index (χ1v) is 6.22. The van der Waals surface area contributed by atoms with Gasteiger partial charge in [0.2, 0.25) is 0 Å². The molecule has 0 fully saturated rings. The molecule has 1 aromatic rings. The normalized spacial score (nSPS) is 23.7. The summed E-state index contributed by atoms with van der Waals surface area (Å²) < 4.78 is 0. The van der Waals surface area contributed by atoms with Crippen molar-refractivity contribution in [3.05, 3.63) is 29.8 Å². The van der Waals surface area contributed by atoms with Gasteiger partial charge in [-0.05, 0) is 39.3 Å². The molecular weight excluding hydrogens is 210 g/mol. The summed E-state index contributed by atoms with van der Waals surface area (Å²) in [4.78, 5) is 14.2. The Hall–Kier alpha value is -1.31. The number of hydrogen-bond donors (Lipinski definition) is 0. The molecule has 2 heteroatoms. The lowest BCUT2D eigenvalue weighted by molar-refractivity contribution is -0.118. The number of benzene rings is 1. The van der Waals surface area contributed by atoms with Gasteiger partial charge in [0.1, 0.15) is 0 Å². The first kappa shape index (κ1) is 12.2. The van der Waals surface area contributed by atoms with Crippen molar-refractivity contribution in [2.75, 3.05) is 4.90 Å².